The van der Waals surface area contributed by atoms with Crippen LogP contribution in [0.2, 0.25) is 5.02 Å². The summed E-state index contributed by atoms with van der Waals surface area (Å²) in [5.41, 5.74) is 5.30. The number of aryl methyl sites for hydroxylation is 2. The molecule has 5 aromatic rings. The fraction of sp³-hybridized carbons (Fsp3) is 0.250. The van der Waals surface area contributed by atoms with Crippen molar-refractivity contribution in [2.75, 3.05) is 0 Å². The van der Waals surface area contributed by atoms with E-state index < -0.39 is 17.7 Å². The molecule has 0 aliphatic rings. The van der Waals surface area contributed by atoms with E-state index in [1.807, 2.05) is 88.1 Å². The number of benzene rings is 3. The van der Waals surface area contributed by atoms with Gasteiger partial charge in [0, 0.05) is 34.1 Å². The number of aliphatic carboxylic acids is 1. The Balaban J connectivity index is 1.78. The van der Waals surface area contributed by atoms with Crippen molar-refractivity contribution < 1.29 is 14.6 Å². The first-order valence-electron chi connectivity index (χ1n) is 11.5. The van der Waals surface area contributed by atoms with Gasteiger partial charge in [-0.3, -0.25) is 4.68 Å². The molecule has 2 heterocycles. The summed E-state index contributed by atoms with van der Waals surface area (Å²) >= 11 is 7.73. The van der Waals surface area contributed by atoms with E-state index in [1.165, 1.54) is 0 Å². The molecule has 2 aromatic heterocycles. The summed E-state index contributed by atoms with van der Waals surface area (Å²) in [6.45, 7) is 7.49. The third-order valence-corrected chi connectivity index (χ3v) is 7.40. The van der Waals surface area contributed by atoms with Crippen molar-refractivity contribution in [3.63, 3.8) is 0 Å². The summed E-state index contributed by atoms with van der Waals surface area (Å²) in [5.74, 6) is -1.03. The molecule has 8 heteroatoms. The fourth-order valence-electron chi connectivity index (χ4n) is 4.46. The van der Waals surface area contributed by atoms with Gasteiger partial charge in [-0.25, -0.2) is 9.78 Å². The quantitative estimate of drug-likeness (QED) is 0.261. The first kappa shape index (κ1) is 24.4. The second kappa shape index (κ2) is 9.00. The second-order valence-electron chi connectivity index (χ2n) is 9.85. The lowest BCUT2D eigenvalue weighted by molar-refractivity contribution is -0.160. The van der Waals surface area contributed by atoms with Crippen LogP contribution in [0.15, 0.2) is 54.7 Å². The highest BCUT2D eigenvalue weighted by molar-refractivity contribution is 7.22. The Morgan fingerprint density at radius 2 is 1.81 bits per heavy atom. The van der Waals surface area contributed by atoms with Crippen LogP contribution in [-0.2, 0) is 16.6 Å². The first-order chi connectivity index (χ1) is 17.0. The van der Waals surface area contributed by atoms with E-state index in [-0.39, 0.29) is 0 Å². The third-order valence-electron chi connectivity index (χ3n) is 6.01. The SMILES string of the molecule is Cc1cc2nc(-c3ccc4c(cnn4C)c3)sc2c(-c2ccc(Cl)cc2)c1C(OC(C)(C)C)C(=O)O. The van der Waals surface area contributed by atoms with Gasteiger partial charge in [-0.1, -0.05) is 23.7 Å². The fourth-order valence-corrected chi connectivity index (χ4v) is 5.71. The standard InChI is InChI=1S/C28H26ClN3O3S/c1-15-12-20-25(36-26(31-20)17-8-11-21-18(13-17)14-30-32(21)5)23(16-6-9-19(29)10-7-16)22(15)24(27(33)34)35-28(2,3)4/h6-14,24H,1-5H3,(H,33,34). The van der Waals surface area contributed by atoms with Crippen molar-refractivity contribution in [2.45, 2.75) is 39.4 Å². The molecule has 0 bridgehead atoms. The lowest BCUT2D eigenvalue weighted by atomic mass is 9.91. The molecule has 0 fully saturated rings. The van der Waals surface area contributed by atoms with E-state index in [9.17, 15) is 9.90 Å². The highest BCUT2D eigenvalue weighted by Gasteiger charge is 2.32. The van der Waals surface area contributed by atoms with E-state index >= 15 is 0 Å². The minimum absolute atomic E-state index is 0.611. The van der Waals surface area contributed by atoms with Gasteiger partial charge in [0.2, 0.25) is 0 Å². The Morgan fingerprint density at radius 1 is 1.11 bits per heavy atom. The number of rotatable bonds is 5. The van der Waals surface area contributed by atoms with Crippen LogP contribution in [0.5, 0.6) is 0 Å². The van der Waals surface area contributed by atoms with Crippen molar-refractivity contribution in [1.82, 2.24) is 14.8 Å². The minimum atomic E-state index is -1.14. The molecule has 1 N–H and O–H groups in total. The molecule has 1 atom stereocenters. The van der Waals surface area contributed by atoms with Crippen LogP contribution >= 0.6 is 22.9 Å². The predicted octanol–water partition coefficient (Wildman–Crippen LogP) is 7.42. The van der Waals surface area contributed by atoms with Crippen molar-refractivity contribution >= 4 is 50.0 Å². The lowest BCUT2D eigenvalue weighted by Gasteiger charge is -2.28. The Hall–Kier alpha value is -3.26. The molecule has 0 saturated carbocycles. The van der Waals surface area contributed by atoms with Crippen LogP contribution in [-0.4, -0.2) is 31.4 Å². The summed E-state index contributed by atoms with van der Waals surface area (Å²) in [5, 5.41) is 17.1. The van der Waals surface area contributed by atoms with Crippen LogP contribution in [0.3, 0.4) is 0 Å². The van der Waals surface area contributed by atoms with Crippen LogP contribution < -0.4 is 0 Å². The second-order valence-corrected chi connectivity index (χ2v) is 11.3. The van der Waals surface area contributed by atoms with E-state index in [0.29, 0.717) is 10.6 Å². The number of aromatic nitrogens is 3. The number of carboxylic acids is 1. The van der Waals surface area contributed by atoms with Crippen LogP contribution in [0.25, 0.3) is 42.8 Å². The maximum absolute atomic E-state index is 12.5. The van der Waals surface area contributed by atoms with Gasteiger partial charge >= 0.3 is 5.97 Å². The highest BCUT2D eigenvalue weighted by atomic mass is 35.5. The molecule has 0 saturated heterocycles. The number of nitrogens with zero attached hydrogens (tertiary/aromatic N) is 3. The third kappa shape index (κ3) is 4.50. The summed E-state index contributed by atoms with van der Waals surface area (Å²) in [7, 11) is 1.92. The monoisotopic (exact) mass is 519 g/mol. The van der Waals surface area contributed by atoms with Gasteiger partial charge in [-0.05, 0) is 75.2 Å². The number of hydrogen-bond donors (Lipinski definition) is 1. The van der Waals surface area contributed by atoms with E-state index in [2.05, 4.69) is 11.2 Å². The van der Waals surface area contributed by atoms with Gasteiger partial charge in [0.1, 0.15) is 5.01 Å². The summed E-state index contributed by atoms with van der Waals surface area (Å²) in [4.78, 5) is 17.4. The predicted molar refractivity (Wildman–Crippen MR) is 146 cm³/mol. The molecule has 36 heavy (non-hydrogen) atoms. The van der Waals surface area contributed by atoms with Gasteiger partial charge < -0.3 is 9.84 Å². The first-order valence-corrected chi connectivity index (χ1v) is 12.7. The summed E-state index contributed by atoms with van der Waals surface area (Å²) in [6.07, 6.45) is 0.701. The zero-order valence-corrected chi connectivity index (χ0v) is 22.2. The number of thiazole rings is 1. The molecule has 0 aliphatic heterocycles. The highest BCUT2D eigenvalue weighted by Crippen LogP contribution is 2.44. The van der Waals surface area contributed by atoms with Gasteiger partial charge in [0.15, 0.2) is 6.10 Å². The Labute approximate surface area is 218 Å². The number of fused-ring (bicyclic) bond motifs is 2. The smallest absolute Gasteiger partial charge is 0.337 e. The maximum Gasteiger partial charge on any atom is 0.337 e. The zero-order valence-electron chi connectivity index (χ0n) is 20.7. The van der Waals surface area contributed by atoms with Gasteiger partial charge in [-0.15, -0.1) is 11.3 Å². The number of carboxylic acid groups (broad SMARTS) is 1. The Kier molecular flexibility index (Phi) is 6.11. The van der Waals surface area contributed by atoms with Crippen LogP contribution in [0, 0.1) is 6.92 Å². The molecule has 1 unspecified atom stereocenters. The van der Waals surface area contributed by atoms with Crippen LogP contribution in [0.1, 0.15) is 38.0 Å². The molecule has 5 rings (SSSR count). The molecule has 0 aliphatic carbocycles. The minimum Gasteiger partial charge on any atom is -0.479 e. The van der Waals surface area contributed by atoms with Gasteiger partial charge in [0.05, 0.1) is 27.5 Å². The number of ether oxygens (including phenoxy) is 1. The Bertz CT molecular complexity index is 1610. The number of halogens is 1. The van der Waals surface area contributed by atoms with Gasteiger partial charge in [0.25, 0.3) is 0 Å². The summed E-state index contributed by atoms with van der Waals surface area (Å²) in [6, 6.07) is 15.6. The average Bonchev–Trinajstić information content (AvgIpc) is 3.40. The normalized spacial score (nSPS) is 12.9. The van der Waals surface area contributed by atoms with Crippen molar-refractivity contribution in [3.8, 4) is 21.7 Å². The molecular weight excluding hydrogens is 494 g/mol. The number of hydrogen-bond acceptors (Lipinski definition) is 5. The van der Waals surface area contributed by atoms with Crippen LogP contribution in [0.4, 0.5) is 0 Å². The zero-order chi connectivity index (χ0) is 25.8. The lowest BCUT2D eigenvalue weighted by Crippen LogP contribution is -2.28. The van der Waals surface area contributed by atoms with Gasteiger partial charge in [-0.2, -0.15) is 5.10 Å². The molecule has 6 nitrogen and oxygen atoms in total. The largest absolute Gasteiger partial charge is 0.479 e. The molecule has 3 aromatic carbocycles. The number of carbonyl (C=O) groups is 1. The topological polar surface area (TPSA) is 77.2 Å². The van der Waals surface area contributed by atoms with Crippen molar-refractivity contribution in [3.05, 3.63) is 70.9 Å². The van der Waals surface area contributed by atoms with E-state index in [4.69, 9.17) is 21.3 Å². The summed E-state index contributed by atoms with van der Waals surface area (Å²) < 4.78 is 8.84. The Morgan fingerprint density at radius 3 is 2.47 bits per heavy atom. The molecule has 184 valence electrons. The molecular formula is C28H26ClN3O3S. The van der Waals surface area contributed by atoms with E-state index in [0.717, 1.165) is 48.4 Å². The molecule has 0 spiro atoms. The maximum atomic E-state index is 12.5. The molecule has 0 amide bonds. The van der Waals surface area contributed by atoms with E-state index in [1.54, 1.807) is 11.3 Å². The van der Waals surface area contributed by atoms with Crippen molar-refractivity contribution in [2.24, 2.45) is 7.05 Å². The average molecular weight is 520 g/mol. The molecule has 0 radical (unpaired) electrons. The van der Waals surface area contributed by atoms with Crippen molar-refractivity contribution in [1.29, 1.82) is 0 Å².